The topological polar surface area (TPSA) is 26.9 Å². The van der Waals surface area contributed by atoms with Gasteiger partial charge in [-0.25, -0.2) is 0 Å². The first-order valence-corrected chi connectivity index (χ1v) is 22.9. The molecule has 0 aliphatic rings. The first-order chi connectivity index (χ1) is 30.7. The summed E-state index contributed by atoms with van der Waals surface area (Å²) in [5.41, 5.74) is 6.57. The van der Waals surface area contributed by atoms with Crippen LogP contribution >= 0.6 is 7.14 Å². The predicted molar refractivity (Wildman–Crippen MR) is 265 cm³/mol. The van der Waals surface area contributed by atoms with E-state index in [0.29, 0.717) is 0 Å². The first-order valence-electron chi connectivity index (χ1n) is 21.2. The molecule has 62 heavy (non-hydrogen) atoms. The molecule has 0 atom stereocenters. The Morgan fingerprint density at radius 2 is 0.629 bits per heavy atom. The van der Waals surface area contributed by atoms with Gasteiger partial charge in [-0.3, -0.25) is 0 Å². The number of para-hydroxylation sites is 4. The average molecular weight is 809 g/mol. The van der Waals surface area contributed by atoms with Gasteiger partial charge in [0.25, 0.3) is 0 Å². The molecule has 0 radical (unpaired) electrons. The lowest BCUT2D eigenvalue weighted by Crippen LogP contribution is -2.26. The molecule has 13 rings (SSSR count). The second-order valence-corrected chi connectivity index (χ2v) is 19.1. The molecule has 0 aliphatic heterocycles. The van der Waals surface area contributed by atoms with Gasteiger partial charge in [0, 0.05) is 48.8 Å². The minimum Gasteiger partial charge on any atom is -0.309 e. The van der Waals surface area contributed by atoms with E-state index in [2.05, 4.69) is 234 Å². The van der Waals surface area contributed by atoms with Crippen molar-refractivity contribution in [3.63, 3.8) is 0 Å². The second kappa shape index (κ2) is 13.4. The van der Waals surface area contributed by atoms with Gasteiger partial charge in [0.1, 0.15) is 0 Å². The van der Waals surface area contributed by atoms with Crippen LogP contribution in [-0.4, -0.2) is 9.13 Å². The summed E-state index contributed by atoms with van der Waals surface area (Å²) in [5.74, 6) is 0. The summed E-state index contributed by atoms with van der Waals surface area (Å²) in [4.78, 5) is 0. The molecule has 2 aromatic heterocycles. The maximum atomic E-state index is 17.6. The third kappa shape index (κ3) is 4.92. The third-order valence-electron chi connectivity index (χ3n) is 13.1. The maximum absolute atomic E-state index is 17.6. The van der Waals surface area contributed by atoms with Gasteiger partial charge in [-0.2, -0.15) is 0 Å². The monoisotopic (exact) mass is 808 g/mol. The Kier molecular flexibility index (Phi) is 7.58. The molecule has 0 spiro atoms. The van der Waals surface area contributed by atoms with E-state index in [1.807, 2.05) is 0 Å². The van der Waals surface area contributed by atoms with Gasteiger partial charge >= 0.3 is 0 Å². The summed E-state index contributed by atoms with van der Waals surface area (Å²) >= 11 is 0. The van der Waals surface area contributed by atoms with Crippen molar-refractivity contribution in [2.24, 2.45) is 0 Å². The second-order valence-electron chi connectivity index (χ2n) is 16.3. The molecule has 3 nitrogen and oxygen atoms in total. The lowest BCUT2D eigenvalue weighted by Gasteiger charge is -2.24. The Hall–Kier alpha value is -7.71. The normalized spacial score (nSPS) is 12.3. The third-order valence-corrected chi connectivity index (χ3v) is 16.2. The van der Waals surface area contributed by atoms with Crippen LogP contribution in [0.25, 0.3) is 98.1 Å². The Morgan fingerprint density at radius 1 is 0.274 bits per heavy atom. The molecular formula is C58H37N2OP. The summed E-state index contributed by atoms with van der Waals surface area (Å²) in [6.07, 6.45) is 0. The standard InChI is InChI=1S/C58H37N2OP/c61-62(40-31-33-55-50(35-40)45-24-13-15-29-53(45)59(55)38-17-3-1-4-18-38,41-32-34-56-51(36-41)46-25-14-16-30-54(46)60(56)39-19-5-2-6-20-39)57-37-52-44-23-8-7-21-42(44)43-22-9-11-27-48(43)58(52)49-28-12-10-26-47(49)57/h1-37H. The molecule has 2 heterocycles. The highest BCUT2D eigenvalue weighted by atomic mass is 31.2. The van der Waals surface area contributed by atoms with E-state index in [0.717, 1.165) is 92.4 Å². The summed E-state index contributed by atoms with van der Waals surface area (Å²) < 4.78 is 22.2. The Labute approximate surface area is 357 Å². The number of benzene rings is 11. The molecule has 0 N–H and O–H groups in total. The lowest BCUT2D eigenvalue weighted by atomic mass is 9.91. The fraction of sp³-hybridized carbons (Fsp3) is 0. The van der Waals surface area contributed by atoms with Gasteiger partial charge < -0.3 is 13.7 Å². The molecule has 11 aromatic carbocycles. The van der Waals surface area contributed by atoms with Crippen molar-refractivity contribution in [1.29, 1.82) is 0 Å². The smallest absolute Gasteiger partial charge is 0.171 e. The van der Waals surface area contributed by atoms with Crippen LogP contribution in [0.1, 0.15) is 0 Å². The lowest BCUT2D eigenvalue weighted by molar-refractivity contribution is 0.592. The number of nitrogens with zero attached hydrogens (tertiary/aromatic N) is 2. The highest BCUT2D eigenvalue weighted by molar-refractivity contribution is 7.85. The molecule has 0 fully saturated rings. The zero-order valence-corrected chi connectivity index (χ0v) is 34.5. The molecule has 13 aromatic rings. The molecule has 4 heteroatoms. The number of fused-ring (bicyclic) bond motifs is 14. The largest absolute Gasteiger partial charge is 0.309 e. The molecule has 0 saturated carbocycles. The summed E-state index contributed by atoms with van der Waals surface area (Å²) in [6, 6.07) is 79.7. The predicted octanol–water partition coefficient (Wildman–Crippen LogP) is 14.1. The summed E-state index contributed by atoms with van der Waals surface area (Å²) in [7, 11) is -3.67. The van der Waals surface area contributed by atoms with Crippen LogP contribution < -0.4 is 15.9 Å². The fourth-order valence-corrected chi connectivity index (χ4v) is 13.3. The van der Waals surface area contributed by atoms with Crippen molar-refractivity contribution in [2.45, 2.75) is 0 Å². The van der Waals surface area contributed by atoms with Crippen LogP contribution in [0, 0.1) is 0 Å². The summed E-state index contributed by atoms with van der Waals surface area (Å²) in [6.45, 7) is 0. The van der Waals surface area contributed by atoms with Gasteiger partial charge in [0.2, 0.25) is 0 Å². The van der Waals surface area contributed by atoms with Crippen LogP contribution in [0.5, 0.6) is 0 Å². The van der Waals surface area contributed by atoms with Crippen LogP contribution in [-0.2, 0) is 4.57 Å². The molecule has 290 valence electrons. The van der Waals surface area contributed by atoms with Crippen LogP contribution in [0.4, 0.5) is 0 Å². The van der Waals surface area contributed by atoms with Gasteiger partial charge in [0.05, 0.1) is 22.1 Å². The van der Waals surface area contributed by atoms with E-state index in [-0.39, 0.29) is 0 Å². The molecular weight excluding hydrogens is 772 g/mol. The highest BCUT2D eigenvalue weighted by Crippen LogP contribution is 2.50. The van der Waals surface area contributed by atoms with Crippen molar-refractivity contribution in [1.82, 2.24) is 9.13 Å². The number of rotatable bonds is 5. The van der Waals surface area contributed by atoms with Crippen LogP contribution in [0.3, 0.4) is 0 Å². The zero-order chi connectivity index (χ0) is 40.9. The maximum Gasteiger partial charge on any atom is 0.171 e. The van der Waals surface area contributed by atoms with Gasteiger partial charge in [0.15, 0.2) is 7.14 Å². The zero-order valence-electron chi connectivity index (χ0n) is 33.6. The van der Waals surface area contributed by atoms with Crippen LogP contribution in [0.2, 0.25) is 0 Å². The van der Waals surface area contributed by atoms with Crippen LogP contribution in [0.15, 0.2) is 224 Å². The Balaban J connectivity index is 1.18. The first kappa shape index (κ1) is 35.1. The SMILES string of the molecule is O=P(c1ccc2c(c1)c1ccccc1n2-c1ccccc1)(c1ccc2c(c1)c1ccccc1n2-c1ccccc1)c1cc2c3ccccc3c3ccccc3c2c2ccccc12. The van der Waals surface area contributed by atoms with Gasteiger partial charge in [-0.15, -0.1) is 0 Å². The van der Waals surface area contributed by atoms with Crippen molar-refractivity contribution < 1.29 is 4.57 Å². The fourth-order valence-electron chi connectivity index (χ4n) is 10.5. The van der Waals surface area contributed by atoms with E-state index in [1.54, 1.807) is 0 Å². The van der Waals surface area contributed by atoms with Crippen molar-refractivity contribution >= 4 is 110 Å². The van der Waals surface area contributed by atoms with Crippen molar-refractivity contribution in [3.05, 3.63) is 224 Å². The van der Waals surface area contributed by atoms with E-state index in [4.69, 9.17) is 0 Å². The van der Waals surface area contributed by atoms with Gasteiger partial charge in [-0.05, 0) is 122 Å². The molecule has 0 bridgehead atoms. The van der Waals surface area contributed by atoms with E-state index < -0.39 is 7.14 Å². The molecule has 0 saturated heterocycles. The highest BCUT2D eigenvalue weighted by Gasteiger charge is 2.34. The van der Waals surface area contributed by atoms with Crippen molar-refractivity contribution in [3.8, 4) is 11.4 Å². The average Bonchev–Trinajstić information content (AvgIpc) is 3.86. The number of hydrogen-bond acceptors (Lipinski definition) is 1. The van der Waals surface area contributed by atoms with E-state index in [9.17, 15) is 0 Å². The molecule has 0 unspecified atom stereocenters. The Bertz CT molecular complexity index is 3850. The Morgan fingerprint density at radius 3 is 1.13 bits per heavy atom. The van der Waals surface area contributed by atoms with E-state index >= 15 is 4.57 Å². The van der Waals surface area contributed by atoms with E-state index in [1.165, 1.54) is 21.5 Å². The minimum atomic E-state index is -3.67. The van der Waals surface area contributed by atoms with Crippen molar-refractivity contribution in [2.75, 3.05) is 0 Å². The van der Waals surface area contributed by atoms with Gasteiger partial charge in [-0.1, -0.05) is 146 Å². The number of aromatic nitrogens is 2. The summed E-state index contributed by atoms with van der Waals surface area (Å²) in [5, 5.41) is 16.0. The molecule has 0 amide bonds. The molecule has 0 aliphatic carbocycles. The minimum absolute atomic E-state index is 0.807. The quantitative estimate of drug-likeness (QED) is 0.126. The number of hydrogen-bond donors (Lipinski definition) is 0.